The number of hydrogen-bond donors (Lipinski definition) is 2. The highest BCUT2D eigenvalue weighted by Gasteiger charge is 2.17. The summed E-state index contributed by atoms with van der Waals surface area (Å²) in [5.41, 5.74) is 1.11. The van der Waals surface area contributed by atoms with Crippen molar-refractivity contribution in [2.45, 2.75) is 135 Å². The first-order valence-electron chi connectivity index (χ1n) is 17.2. The van der Waals surface area contributed by atoms with Crippen LogP contribution >= 0.6 is 11.3 Å². The molecule has 0 bridgehead atoms. The van der Waals surface area contributed by atoms with Crippen LogP contribution in [0.1, 0.15) is 128 Å². The molecule has 0 aliphatic carbocycles. The number of carbonyl (C=O) groups excluding carboxylic acids is 1. The minimum atomic E-state index is -3.44. The van der Waals surface area contributed by atoms with Gasteiger partial charge >= 0.3 is 6.09 Å². The Labute approximate surface area is 283 Å². The number of fused-ring (bicyclic) bond motifs is 1. The van der Waals surface area contributed by atoms with E-state index in [1.165, 1.54) is 102 Å². The standard InChI is InChI=1S/C34H59N3O5S2.ClH/c1-3-4-5-6-7-8-9-10-11-12-13-14-15-16-17-21-26-35-34(38)42-29-30(41-2)28-36-44(39,40)27-22-20-25-33-37-31-23-18-19-24-32(31)43-33;/h18-19,23-24,30,36H,3-17,20-22,25-29H2,1-2H3,(H,35,38);1H. The molecule has 0 aliphatic heterocycles. The quantitative estimate of drug-likeness (QED) is 0.123. The van der Waals surface area contributed by atoms with E-state index in [-0.39, 0.29) is 31.3 Å². The van der Waals surface area contributed by atoms with Gasteiger partial charge in [-0.05, 0) is 25.3 Å². The van der Waals surface area contributed by atoms with E-state index in [0.29, 0.717) is 13.0 Å². The zero-order chi connectivity index (χ0) is 31.7. The number of methoxy groups -OCH3 is 1. The third-order valence-corrected chi connectivity index (χ3v) is 10.6. The molecule has 2 aromatic rings. The number of para-hydroxylation sites is 1. The maximum absolute atomic E-state index is 12.4. The molecule has 3 N–H and O–H groups in total. The Kier molecular flexibility index (Phi) is 24.6. The summed E-state index contributed by atoms with van der Waals surface area (Å²) in [6.07, 6.45) is 22.2. The highest BCUT2D eigenvalue weighted by molar-refractivity contribution is 7.89. The summed E-state index contributed by atoms with van der Waals surface area (Å²) < 4.78 is 39.2. The van der Waals surface area contributed by atoms with Crippen molar-refractivity contribution >= 4 is 37.7 Å². The van der Waals surface area contributed by atoms with Crippen LogP contribution in [0.5, 0.6) is 0 Å². The Hall–Kier alpha value is -1.46. The fourth-order valence-corrected chi connectivity index (χ4v) is 7.46. The number of H-pyrrole nitrogens is 1. The second-order valence-corrected chi connectivity index (χ2v) is 15.0. The van der Waals surface area contributed by atoms with Crippen LogP contribution < -0.4 is 27.4 Å². The van der Waals surface area contributed by atoms with E-state index >= 15 is 0 Å². The monoisotopic (exact) mass is 689 g/mol. The van der Waals surface area contributed by atoms with E-state index in [1.54, 1.807) is 11.3 Å². The largest absolute Gasteiger partial charge is 1.00 e. The maximum atomic E-state index is 12.4. The third-order valence-electron chi connectivity index (χ3n) is 8.03. The van der Waals surface area contributed by atoms with Gasteiger partial charge in [0.25, 0.3) is 0 Å². The first kappa shape index (κ1) is 41.6. The smallest absolute Gasteiger partial charge is 0.407 e. The number of aromatic nitrogens is 1. The summed E-state index contributed by atoms with van der Waals surface area (Å²) in [4.78, 5) is 15.4. The lowest BCUT2D eigenvalue weighted by atomic mass is 10.0. The van der Waals surface area contributed by atoms with Crippen LogP contribution in [0.15, 0.2) is 24.3 Å². The van der Waals surface area contributed by atoms with Gasteiger partial charge in [0, 0.05) is 32.7 Å². The molecule has 0 saturated heterocycles. The summed E-state index contributed by atoms with van der Waals surface area (Å²) in [7, 11) is -1.95. The van der Waals surface area contributed by atoms with Gasteiger partial charge in [0.15, 0.2) is 0 Å². The molecule has 260 valence electrons. The molecule has 1 aromatic carbocycles. The molecule has 0 saturated carbocycles. The van der Waals surface area contributed by atoms with Crippen LogP contribution in [0.25, 0.3) is 10.2 Å². The van der Waals surface area contributed by atoms with E-state index in [1.807, 2.05) is 18.2 Å². The van der Waals surface area contributed by atoms with Crippen molar-refractivity contribution in [1.82, 2.24) is 10.0 Å². The lowest BCUT2D eigenvalue weighted by molar-refractivity contribution is -0.350. The van der Waals surface area contributed by atoms with E-state index in [4.69, 9.17) is 9.47 Å². The SMILES string of the molecule is CCCCCCCCCCCCCCCCCCNC(=O)OCC(CNS(=O)(=O)CCCCc1[nH+]c2ccccc2s1)OC.[Cl-]. The number of alkyl carbamates (subject to hydrolysis) is 1. The molecule has 0 fully saturated rings. The van der Waals surface area contributed by atoms with Crippen LogP contribution in [0.4, 0.5) is 4.79 Å². The molecule has 1 atom stereocenters. The van der Waals surface area contributed by atoms with Crippen molar-refractivity contribution in [3.63, 3.8) is 0 Å². The second-order valence-electron chi connectivity index (χ2n) is 12.0. The topological polar surface area (TPSA) is 108 Å². The Morgan fingerprint density at radius 2 is 1.42 bits per heavy atom. The van der Waals surface area contributed by atoms with Gasteiger partial charge in [-0.1, -0.05) is 127 Å². The number of sulfonamides is 1. The molecule has 8 nitrogen and oxygen atoms in total. The van der Waals surface area contributed by atoms with Crippen molar-refractivity contribution < 1.29 is 40.1 Å². The average Bonchev–Trinajstić information content (AvgIpc) is 3.44. The Balaban J connectivity index is 0.0000101. The molecule has 1 amide bonds. The molecule has 1 aromatic heterocycles. The number of benzene rings is 1. The number of aromatic amines is 1. The van der Waals surface area contributed by atoms with Crippen molar-refractivity contribution in [3.05, 3.63) is 29.3 Å². The molecular weight excluding hydrogens is 630 g/mol. The molecule has 11 heteroatoms. The number of ether oxygens (including phenoxy) is 2. The van der Waals surface area contributed by atoms with Crippen LogP contribution in [0.3, 0.4) is 0 Å². The fourth-order valence-electron chi connectivity index (χ4n) is 5.24. The molecular formula is C34H60ClN3O5S2. The number of hydrogen-bond acceptors (Lipinski definition) is 6. The number of amides is 1. The number of rotatable bonds is 28. The van der Waals surface area contributed by atoms with Gasteiger partial charge in [-0.25, -0.2) is 17.9 Å². The molecule has 45 heavy (non-hydrogen) atoms. The van der Waals surface area contributed by atoms with E-state index in [0.717, 1.165) is 36.2 Å². The Morgan fingerprint density at radius 3 is 2.00 bits per heavy atom. The van der Waals surface area contributed by atoms with E-state index < -0.39 is 22.2 Å². The second kappa shape index (κ2) is 26.6. The van der Waals surface area contributed by atoms with Gasteiger partial charge in [0.05, 0.1) is 5.75 Å². The summed E-state index contributed by atoms with van der Waals surface area (Å²) >= 11 is 1.71. The van der Waals surface area contributed by atoms with Gasteiger partial charge in [0.2, 0.25) is 20.5 Å². The van der Waals surface area contributed by atoms with Crippen molar-refractivity contribution in [2.24, 2.45) is 0 Å². The minimum absolute atomic E-state index is 0. The van der Waals surface area contributed by atoms with Crippen LogP contribution in [-0.2, 0) is 25.9 Å². The number of unbranched alkanes of at least 4 members (excludes halogenated alkanes) is 16. The van der Waals surface area contributed by atoms with E-state index in [2.05, 4.69) is 28.0 Å². The highest BCUT2D eigenvalue weighted by atomic mass is 35.5. The first-order valence-corrected chi connectivity index (χ1v) is 19.7. The van der Waals surface area contributed by atoms with Crippen molar-refractivity contribution in [2.75, 3.05) is 32.6 Å². The Bertz CT molecular complexity index is 1080. The number of carbonyl (C=O) groups is 1. The lowest BCUT2D eigenvalue weighted by Crippen LogP contribution is -3.00. The minimum Gasteiger partial charge on any atom is -1.00 e. The number of halogens is 1. The van der Waals surface area contributed by atoms with E-state index in [9.17, 15) is 13.2 Å². The predicted molar refractivity (Wildman–Crippen MR) is 183 cm³/mol. The lowest BCUT2D eigenvalue weighted by Gasteiger charge is -2.16. The van der Waals surface area contributed by atoms with Crippen molar-refractivity contribution in [3.8, 4) is 0 Å². The van der Waals surface area contributed by atoms with Crippen LogP contribution in [0, 0.1) is 0 Å². The van der Waals surface area contributed by atoms with Gasteiger partial charge in [-0.2, -0.15) is 4.98 Å². The normalized spacial score (nSPS) is 12.2. The van der Waals surface area contributed by atoms with Gasteiger partial charge in [-0.15, -0.1) is 0 Å². The Morgan fingerprint density at radius 1 is 0.844 bits per heavy atom. The summed E-state index contributed by atoms with van der Waals surface area (Å²) in [5, 5.41) is 3.94. The first-order chi connectivity index (χ1) is 21.4. The van der Waals surface area contributed by atoms with Gasteiger partial charge in [-0.3, -0.25) is 0 Å². The summed E-state index contributed by atoms with van der Waals surface area (Å²) in [6.45, 7) is 2.91. The summed E-state index contributed by atoms with van der Waals surface area (Å²) in [6, 6.07) is 8.14. The molecule has 2 rings (SSSR count). The zero-order valence-electron chi connectivity index (χ0n) is 27.9. The molecule has 1 unspecified atom stereocenters. The molecule has 0 spiro atoms. The predicted octanol–water partition coefficient (Wildman–Crippen LogP) is 4.96. The maximum Gasteiger partial charge on any atom is 0.407 e. The van der Waals surface area contributed by atoms with Crippen LogP contribution in [0.2, 0.25) is 0 Å². The number of aryl methyl sites for hydroxylation is 1. The molecule has 1 heterocycles. The van der Waals surface area contributed by atoms with Crippen LogP contribution in [-0.4, -0.2) is 53.2 Å². The van der Waals surface area contributed by atoms with Crippen molar-refractivity contribution in [1.29, 1.82) is 0 Å². The molecule has 0 radical (unpaired) electrons. The third kappa shape index (κ3) is 21.1. The molecule has 0 aliphatic rings. The highest BCUT2D eigenvalue weighted by Crippen LogP contribution is 2.19. The number of thiazole rings is 1. The number of nitrogens with one attached hydrogen (secondary N) is 3. The summed E-state index contributed by atoms with van der Waals surface area (Å²) in [5.74, 6) is 0.0506. The average molecular weight is 690 g/mol. The zero-order valence-corrected chi connectivity index (χ0v) is 30.3. The van der Waals surface area contributed by atoms with Gasteiger partial charge < -0.3 is 27.2 Å². The van der Waals surface area contributed by atoms with Gasteiger partial charge in [0.1, 0.15) is 17.4 Å². The fraction of sp³-hybridized carbons (Fsp3) is 0.765.